The molecule has 4 aromatic carbocycles. The molecule has 0 radical (unpaired) electrons. The van der Waals surface area contributed by atoms with Gasteiger partial charge in [0, 0.05) is 11.4 Å². The number of amides is 2. The second-order valence-corrected chi connectivity index (χ2v) is 12.1. The predicted molar refractivity (Wildman–Crippen MR) is 185 cm³/mol. The lowest BCUT2D eigenvalue weighted by molar-refractivity contribution is -0.132. The summed E-state index contributed by atoms with van der Waals surface area (Å²) in [5, 5.41) is 7.65. The van der Waals surface area contributed by atoms with Gasteiger partial charge >= 0.3 is 0 Å². The molecule has 0 aliphatic rings. The zero-order chi connectivity index (χ0) is 33.1. The van der Waals surface area contributed by atoms with E-state index in [0.717, 1.165) is 11.1 Å². The molecule has 0 aliphatic carbocycles. The first kappa shape index (κ1) is 34.8. The van der Waals surface area contributed by atoms with Gasteiger partial charge in [0.25, 0.3) is 11.8 Å². The Labute approximate surface area is 287 Å². The minimum Gasteiger partial charge on any atom is -0.490 e. The largest absolute Gasteiger partial charge is 0.490 e. The summed E-state index contributed by atoms with van der Waals surface area (Å²) in [5.41, 5.74) is 6.26. The first-order valence-corrected chi connectivity index (χ1v) is 16.1. The van der Waals surface area contributed by atoms with Crippen LogP contribution in [0.5, 0.6) is 17.2 Å². The third-order valence-corrected chi connectivity index (χ3v) is 7.83. The van der Waals surface area contributed by atoms with Crippen molar-refractivity contribution >= 4 is 57.2 Å². The summed E-state index contributed by atoms with van der Waals surface area (Å²) in [6.07, 6.45) is 0.773. The van der Waals surface area contributed by atoms with E-state index in [1.165, 1.54) is 17.8 Å². The van der Waals surface area contributed by atoms with Gasteiger partial charge in [0.05, 0.1) is 22.3 Å². The second kappa shape index (κ2) is 17.0. The Morgan fingerprint density at radius 1 is 0.913 bits per heavy atom. The van der Waals surface area contributed by atoms with Gasteiger partial charge in [-0.2, -0.15) is 5.10 Å². The highest BCUT2D eigenvalue weighted by Crippen LogP contribution is 2.37. The molecule has 2 N–H and O–H groups in total. The Hall–Kier alpha value is -4.05. The molecule has 8 nitrogen and oxygen atoms in total. The Morgan fingerprint density at radius 3 is 2.35 bits per heavy atom. The van der Waals surface area contributed by atoms with Gasteiger partial charge in [-0.3, -0.25) is 9.59 Å². The normalized spacial score (nSPS) is 12.3. The SMILES string of the molecule is CCOc1cc(/C=N\NC(=O)[C@@H](Cc2ccccc2)NC(=O)[C@H](C)Oc2ccc(Cl)cc2Cl)cc(Br)c1OCc1ccc(C)cc1. The van der Waals surface area contributed by atoms with E-state index in [4.69, 9.17) is 37.4 Å². The Kier molecular flexibility index (Phi) is 12.9. The molecule has 0 heterocycles. The van der Waals surface area contributed by atoms with Crippen molar-refractivity contribution in [2.45, 2.75) is 45.9 Å². The number of aryl methyl sites for hydroxylation is 1. The maximum absolute atomic E-state index is 13.3. The number of rotatable bonds is 14. The second-order valence-electron chi connectivity index (χ2n) is 10.4. The van der Waals surface area contributed by atoms with Crippen LogP contribution in [0.15, 0.2) is 94.5 Å². The molecular formula is C35H34BrCl2N3O5. The molecule has 0 bridgehead atoms. The molecule has 0 spiro atoms. The number of hydrogen-bond donors (Lipinski definition) is 2. The maximum atomic E-state index is 13.3. The Balaban J connectivity index is 1.44. The summed E-state index contributed by atoms with van der Waals surface area (Å²) >= 11 is 15.7. The maximum Gasteiger partial charge on any atom is 0.262 e. The molecule has 0 saturated heterocycles. The fourth-order valence-electron chi connectivity index (χ4n) is 4.32. The van der Waals surface area contributed by atoms with Crippen molar-refractivity contribution in [1.29, 1.82) is 0 Å². The van der Waals surface area contributed by atoms with Gasteiger partial charge in [0.15, 0.2) is 17.6 Å². The van der Waals surface area contributed by atoms with Crippen molar-refractivity contribution in [2.24, 2.45) is 5.10 Å². The Morgan fingerprint density at radius 2 is 1.65 bits per heavy atom. The van der Waals surface area contributed by atoms with Crippen molar-refractivity contribution in [1.82, 2.24) is 10.7 Å². The smallest absolute Gasteiger partial charge is 0.262 e. The van der Waals surface area contributed by atoms with E-state index < -0.39 is 24.0 Å². The van der Waals surface area contributed by atoms with Crippen LogP contribution in [-0.2, 0) is 22.6 Å². The van der Waals surface area contributed by atoms with Gasteiger partial charge < -0.3 is 19.5 Å². The highest BCUT2D eigenvalue weighted by molar-refractivity contribution is 9.10. The third-order valence-electron chi connectivity index (χ3n) is 6.71. The molecule has 4 aromatic rings. The minimum atomic E-state index is -0.950. The number of carbonyl (C=O) groups excluding carboxylic acids is 2. The molecule has 240 valence electrons. The van der Waals surface area contributed by atoms with E-state index in [0.29, 0.717) is 45.5 Å². The highest BCUT2D eigenvalue weighted by atomic mass is 79.9. The van der Waals surface area contributed by atoms with E-state index in [-0.39, 0.29) is 11.4 Å². The summed E-state index contributed by atoms with van der Waals surface area (Å²) in [4.78, 5) is 26.4. The number of nitrogens with zero attached hydrogens (tertiary/aromatic N) is 1. The summed E-state index contributed by atoms with van der Waals surface area (Å²) in [6, 6.07) is 24.8. The number of hydrazone groups is 1. The van der Waals surface area contributed by atoms with Gasteiger partial charge in [-0.25, -0.2) is 5.43 Å². The number of nitrogens with one attached hydrogen (secondary N) is 2. The monoisotopic (exact) mass is 725 g/mol. The van der Waals surface area contributed by atoms with Gasteiger partial charge in [-0.1, -0.05) is 83.4 Å². The van der Waals surface area contributed by atoms with Crippen LogP contribution in [0.4, 0.5) is 0 Å². The lowest BCUT2D eigenvalue weighted by Gasteiger charge is -2.21. The molecule has 0 fully saturated rings. The lowest BCUT2D eigenvalue weighted by Crippen LogP contribution is -2.50. The minimum absolute atomic E-state index is 0.232. The fourth-order valence-corrected chi connectivity index (χ4v) is 5.34. The molecule has 0 aliphatic heterocycles. The summed E-state index contributed by atoms with van der Waals surface area (Å²) in [6.45, 7) is 6.28. The molecule has 4 rings (SSSR count). The molecule has 46 heavy (non-hydrogen) atoms. The van der Waals surface area contributed by atoms with Crippen molar-refractivity contribution < 1.29 is 23.8 Å². The van der Waals surface area contributed by atoms with Crippen LogP contribution in [0.25, 0.3) is 0 Å². The number of carbonyl (C=O) groups is 2. The average molecular weight is 727 g/mol. The Bertz CT molecular complexity index is 1670. The average Bonchev–Trinajstić information content (AvgIpc) is 3.03. The van der Waals surface area contributed by atoms with E-state index in [9.17, 15) is 9.59 Å². The highest BCUT2D eigenvalue weighted by Gasteiger charge is 2.25. The fraction of sp³-hybridized carbons (Fsp3) is 0.229. The number of halogens is 3. The number of ether oxygens (including phenoxy) is 3. The van der Waals surface area contributed by atoms with Crippen LogP contribution < -0.4 is 25.0 Å². The van der Waals surface area contributed by atoms with Gasteiger partial charge in [-0.15, -0.1) is 0 Å². The van der Waals surface area contributed by atoms with Crippen LogP contribution in [0, 0.1) is 6.92 Å². The molecule has 0 aromatic heterocycles. The third kappa shape index (κ3) is 10.2. The zero-order valence-corrected chi connectivity index (χ0v) is 28.7. The van der Waals surface area contributed by atoms with Gasteiger partial charge in [-0.05, 0) is 83.7 Å². The quantitative estimate of drug-likeness (QED) is 0.103. The zero-order valence-electron chi connectivity index (χ0n) is 25.6. The van der Waals surface area contributed by atoms with E-state index in [1.54, 1.807) is 25.1 Å². The van der Waals surface area contributed by atoms with Gasteiger partial charge in [0.2, 0.25) is 0 Å². The van der Waals surface area contributed by atoms with Crippen LogP contribution in [0.2, 0.25) is 10.0 Å². The van der Waals surface area contributed by atoms with Crippen LogP contribution >= 0.6 is 39.1 Å². The van der Waals surface area contributed by atoms with Crippen molar-refractivity contribution in [3.8, 4) is 17.2 Å². The first-order valence-electron chi connectivity index (χ1n) is 14.6. The lowest BCUT2D eigenvalue weighted by atomic mass is 10.1. The summed E-state index contributed by atoms with van der Waals surface area (Å²) < 4.78 is 18.3. The summed E-state index contributed by atoms with van der Waals surface area (Å²) in [7, 11) is 0. The molecule has 11 heteroatoms. The molecule has 2 amide bonds. The molecule has 0 unspecified atom stereocenters. The van der Waals surface area contributed by atoms with Crippen molar-refractivity contribution in [3.05, 3.63) is 122 Å². The van der Waals surface area contributed by atoms with Gasteiger partial charge in [0.1, 0.15) is 18.4 Å². The molecule has 0 saturated carbocycles. The predicted octanol–water partition coefficient (Wildman–Crippen LogP) is 7.69. The molecule has 2 atom stereocenters. The molecular weight excluding hydrogens is 693 g/mol. The topological polar surface area (TPSA) is 98.2 Å². The number of benzene rings is 4. The van der Waals surface area contributed by atoms with E-state index >= 15 is 0 Å². The standard InChI is InChI=1S/C35H34BrCl2N3O5/c1-4-44-32-18-26(16-28(36)33(32)45-21-25-12-10-22(2)11-13-25)20-39-41-35(43)30(17-24-8-6-5-7-9-24)40-34(42)23(3)46-31-15-14-27(37)19-29(31)38/h5-16,18-20,23,30H,4,17,21H2,1-3H3,(H,40,42)(H,41,43)/b39-20-/t23-,30+/m0/s1. The van der Waals surface area contributed by atoms with Crippen molar-refractivity contribution in [2.75, 3.05) is 6.61 Å². The van der Waals surface area contributed by atoms with E-state index in [1.807, 2.05) is 74.5 Å². The van der Waals surface area contributed by atoms with Crippen LogP contribution in [0.3, 0.4) is 0 Å². The first-order chi connectivity index (χ1) is 22.1. The van der Waals surface area contributed by atoms with Crippen molar-refractivity contribution in [3.63, 3.8) is 0 Å². The summed E-state index contributed by atoms with van der Waals surface area (Å²) in [5.74, 6) is 0.377. The van der Waals surface area contributed by atoms with Crippen LogP contribution in [0.1, 0.15) is 36.1 Å². The van der Waals surface area contributed by atoms with Crippen LogP contribution in [-0.4, -0.2) is 36.8 Å². The number of hydrogen-bond acceptors (Lipinski definition) is 6. The van der Waals surface area contributed by atoms with E-state index in [2.05, 4.69) is 31.8 Å².